The Morgan fingerprint density at radius 2 is 2.03 bits per heavy atom. The van der Waals surface area contributed by atoms with Crippen molar-refractivity contribution >= 4 is 51.2 Å². The number of benzene rings is 2. The van der Waals surface area contributed by atoms with Crippen LogP contribution in [0.2, 0.25) is 0 Å². The molecule has 1 amide bonds. The first kappa shape index (κ1) is 20.8. The monoisotopic (exact) mass is 431 g/mol. The van der Waals surface area contributed by atoms with E-state index >= 15 is 0 Å². The molecule has 2 aromatic carbocycles. The highest BCUT2D eigenvalue weighted by atomic mass is 32.1. The van der Waals surface area contributed by atoms with Gasteiger partial charge in [-0.05, 0) is 60.9 Å². The predicted molar refractivity (Wildman–Crippen MR) is 131 cm³/mol. The summed E-state index contributed by atoms with van der Waals surface area (Å²) in [5, 5.41) is 9.22. The summed E-state index contributed by atoms with van der Waals surface area (Å²) in [6.45, 7) is 2.82. The summed E-state index contributed by atoms with van der Waals surface area (Å²) in [5.74, 6) is -0.148. The minimum Gasteiger partial charge on any atom is -0.378 e. The number of allylic oxidation sites excluding steroid dienone is 1. The lowest BCUT2D eigenvalue weighted by Crippen LogP contribution is -2.13. The van der Waals surface area contributed by atoms with Gasteiger partial charge in [0.15, 0.2) is 5.13 Å². The third-order valence-corrected chi connectivity index (χ3v) is 5.84. The van der Waals surface area contributed by atoms with Gasteiger partial charge in [-0.1, -0.05) is 12.1 Å². The van der Waals surface area contributed by atoms with Gasteiger partial charge in [-0.15, -0.1) is 11.3 Å². The first-order valence-corrected chi connectivity index (χ1v) is 11.0. The minimum atomic E-state index is -0.148. The molecule has 1 aliphatic heterocycles. The SMILES string of the molecule is Cc1ccc(C(=O)Nc2cccc(N(C)C)c2)cc1Nc1nc(C2=CC=NCC2)cs1. The van der Waals surface area contributed by atoms with Crippen LogP contribution in [0.1, 0.15) is 28.0 Å². The van der Waals surface area contributed by atoms with Gasteiger partial charge in [-0.3, -0.25) is 9.79 Å². The van der Waals surface area contributed by atoms with Crippen molar-refractivity contribution in [2.45, 2.75) is 13.3 Å². The van der Waals surface area contributed by atoms with Gasteiger partial charge in [0.05, 0.1) is 5.69 Å². The smallest absolute Gasteiger partial charge is 0.255 e. The molecule has 1 aromatic heterocycles. The van der Waals surface area contributed by atoms with Crippen molar-refractivity contribution in [3.63, 3.8) is 0 Å². The molecule has 0 fully saturated rings. The van der Waals surface area contributed by atoms with E-state index in [0.29, 0.717) is 5.56 Å². The van der Waals surface area contributed by atoms with Crippen molar-refractivity contribution in [2.75, 3.05) is 36.2 Å². The zero-order chi connectivity index (χ0) is 21.8. The van der Waals surface area contributed by atoms with E-state index in [9.17, 15) is 4.79 Å². The zero-order valence-corrected chi connectivity index (χ0v) is 18.7. The number of carbonyl (C=O) groups excluding carboxylic acids is 1. The Hall–Kier alpha value is -3.45. The summed E-state index contributed by atoms with van der Waals surface area (Å²) >= 11 is 1.56. The van der Waals surface area contributed by atoms with Gasteiger partial charge in [-0.25, -0.2) is 4.98 Å². The minimum absolute atomic E-state index is 0.148. The number of aliphatic imine (C=N–C) groups is 1. The van der Waals surface area contributed by atoms with Crippen LogP contribution in [0.25, 0.3) is 5.57 Å². The van der Waals surface area contributed by atoms with E-state index in [2.05, 4.69) is 21.0 Å². The van der Waals surface area contributed by atoms with Crippen LogP contribution in [0.15, 0.2) is 58.9 Å². The van der Waals surface area contributed by atoms with Crippen LogP contribution < -0.4 is 15.5 Å². The van der Waals surface area contributed by atoms with Gasteiger partial charge in [-0.2, -0.15) is 0 Å². The molecule has 2 heterocycles. The van der Waals surface area contributed by atoms with Crippen molar-refractivity contribution in [1.82, 2.24) is 4.98 Å². The van der Waals surface area contributed by atoms with E-state index in [-0.39, 0.29) is 5.91 Å². The summed E-state index contributed by atoms with van der Waals surface area (Å²) in [5.41, 5.74) is 6.48. The average Bonchev–Trinajstić information content (AvgIpc) is 3.24. The van der Waals surface area contributed by atoms with Crippen molar-refractivity contribution in [2.24, 2.45) is 4.99 Å². The molecule has 0 radical (unpaired) electrons. The lowest BCUT2D eigenvalue weighted by molar-refractivity contribution is 0.102. The second kappa shape index (κ2) is 9.14. The highest BCUT2D eigenvalue weighted by Crippen LogP contribution is 2.29. The molecule has 158 valence electrons. The van der Waals surface area contributed by atoms with Gasteiger partial charge < -0.3 is 15.5 Å². The standard InChI is InChI=1S/C24H25N5OS/c1-16-7-8-18(23(30)26-19-5-4-6-20(14-19)29(2)3)13-21(16)27-24-28-22(15-31-24)17-9-11-25-12-10-17/h4-9,11,13-15H,10,12H2,1-3H3,(H,26,30)(H,27,28). The number of amides is 1. The van der Waals surface area contributed by atoms with Crippen LogP contribution >= 0.6 is 11.3 Å². The molecular weight excluding hydrogens is 406 g/mol. The van der Waals surface area contributed by atoms with Gasteiger partial charge >= 0.3 is 0 Å². The Balaban J connectivity index is 1.50. The number of nitrogens with one attached hydrogen (secondary N) is 2. The first-order valence-electron chi connectivity index (χ1n) is 10.1. The summed E-state index contributed by atoms with van der Waals surface area (Å²) in [4.78, 5) is 23.8. The quantitative estimate of drug-likeness (QED) is 0.550. The highest BCUT2D eigenvalue weighted by Gasteiger charge is 2.12. The largest absolute Gasteiger partial charge is 0.378 e. The fraction of sp³-hybridized carbons (Fsp3) is 0.208. The number of rotatable bonds is 6. The van der Waals surface area contributed by atoms with Crippen LogP contribution in [0, 0.1) is 6.92 Å². The van der Waals surface area contributed by atoms with Crippen LogP contribution in [0.5, 0.6) is 0 Å². The molecule has 31 heavy (non-hydrogen) atoms. The van der Waals surface area contributed by atoms with E-state index in [4.69, 9.17) is 4.98 Å². The van der Waals surface area contributed by atoms with E-state index < -0.39 is 0 Å². The zero-order valence-electron chi connectivity index (χ0n) is 17.8. The lowest BCUT2D eigenvalue weighted by Gasteiger charge is -2.14. The molecule has 6 nitrogen and oxygen atoms in total. The molecule has 0 bridgehead atoms. The van der Waals surface area contributed by atoms with Crippen LogP contribution in [0.3, 0.4) is 0 Å². The lowest BCUT2D eigenvalue weighted by atomic mass is 10.1. The number of thiazole rings is 1. The molecular formula is C24H25N5OS. The highest BCUT2D eigenvalue weighted by molar-refractivity contribution is 7.13. The number of carbonyl (C=O) groups is 1. The Bertz CT molecular complexity index is 1160. The summed E-state index contributed by atoms with van der Waals surface area (Å²) in [6, 6.07) is 13.4. The summed E-state index contributed by atoms with van der Waals surface area (Å²) in [6.07, 6.45) is 4.76. The molecule has 0 saturated carbocycles. The van der Waals surface area contributed by atoms with E-state index in [1.54, 1.807) is 11.3 Å². The maximum Gasteiger partial charge on any atom is 0.255 e. The fourth-order valence-electron chi connectivity index (χ4n) is 3.26. The maximum atomic E-state index is 12.8. The van der Waals surface area contributed by atoms with Gasteiger partial charge in [0.1, 0.15) is 0 Å². The van der Waals surface area contributed by atoms with Crippen LogP contribution in [0.4, 0.5) is 22.2 Å². The van der Waals surface area contributed by atoms with E-state index in [1.807, 2.05) is 80.7 Å². The Labute approximate surface area is 186 Å². The molecule has 7 heteroatoms. The molecule has 4 rings (SSSR count). The Kier molecular flexibility index (Phi) is 6.13. The normalized spacial score (nSPS) is 12.9. The summed E-state index contributed by atoms with van der Waals surface area (Å²) < 4.78 is 0. The van der Waals surface area contributed by atoms with Crippen LogP contribution in [-0.2, 0) is 0 Å². The Morgan fingerprint density at radius 3 is 2.81 bits per heavy atom. The van der Waals surface area contributed by atoms with Gasteiger partial charge in [0.25, 0.3) is 5.91 Å². The third kappa shape index (κ3) is 5.00. The van der Waals surface area contributed by atoms with Gasteiger partial charge in [0.2, 0.25) is 0 Å². The molecule has 0 spiro atoms. The average molecular weight is 432 g/mol. The number of hydrogen-bond donors (Lipinski definition) is 2. The molecule has 3 aromatic rings. The van der Waals surface area contributed by atoms with Crippen molar-refractivity contribution in [3.05, 3.63) is 70.7 Å². The second-order valence-corrected chi connectivity index (χ2v) is 8.45. The molecule has 2 N–H and O–H groups in total. The first-order chi connectivity index (χ1) is 15.0. The van der Waals surface area contributed by atoms with E-state index in [0.717, 1.165) is 46.4 Å². The van der Waals surface area contributed by atoms with Crippen LogP contribution in [-0.4, -0.2) is 37.7 Å². The molecule has 0 saturated heterocycles. The van der Waals surface area contributed by atoms with Gasteiger partial charge in [0, 0.05) is 54.9 Å². The molecule has 0 unspecified atom stereocenters. The number of hydrogen-bond acceptors (Lipinski definition) is 6. The summed E-state index contributed by atoms with van der Waals surface area (Å²) in [7, 11) is 3.95. The number of dihydropyridines is 1. The number of aryl methyl sites for hydroxylation is 1. The predicted octanol–water partition coefficient (Wildman–Crippen LogP) is 5.37. The van der Waals surface area contributed by atoms with E-state index in [1.165, 1.54) is 5.57 Å². The van der Waals surface area contributed by atoms with Crippen molar-refractivity contribution < 1.29 is 4.79 Å². The number of anilines is 4. The Morgan fingerprint density at radius 1 is 1.16 bits per heavy atom. The topological polar surface area (TPSA) is 69.6 Å². The fourth-order valence-corrected chi connectivity index (χ4v) is 4.00. The third-order valence-electron chi connectivity index (χ3n) is 5.09. The molecule has 1 aliphatic rings. The second-order valence-electron chi connectivity index (χ2n) is 7.59. The molecule has 0 aliphatic carbocycles. The number of aromatic nitrogens is 1. The number of nitrogens with zero attached hydrogens (tertiary/aromatic N) is 3. The van der Waals surface area contributed by atoms with Crippen molar-refractivity contribution in [1.29, 1.82) is 0 Å². The molecule has 0 atom stereocenters. The maximum absolute atomic E-state index is 12.8. The van der Waals surface area contributed by atoms with Crippen molar-refractivity contribution in [3.8, 4) is 0 Å².